The number of nitriles is 1. The predicted molar refractivity (Wildman–Crippen MR) is 39.2 cm³/mol. The molecule has 60 valence electrons. The third-order valence-corrected chi connectivity index (χ3v) is 1.33. The Labute approximate surface area is 64.9 Å². The van der Waals surface area contributed by atoms with Gasteiger partial charge in [-0.25, -0.2) is 0 Å². The van der Waals surface area contributed by atoms with Crippen molar-refractivity contribution in [2.75, 3.05) is 6.61 Å². The molecular weight excluding hydrogens is 144 g/mol. The Hall–Kier alpha value is -1.34. The van der Waals surface area contributed by atoms with Crippen molar-refractivity contribution < 1.29 is 9.90 Å². The van der Waals surface area contributed by atoms with E-state index < -0.39 is 5.91 Å². The van der Waals surface area contributed by atoms with Crippen LogP contribution >= 0.6 is 0 Å². The van der Waals surface area contributed by atoms with Crippen LogP contribution in [0.3, 0.4) is 0 Å². The molecule has 0 rings (SSSR count). The molecule has 0 aromatic carbocycles. The van der Waals surface area contributed by atoms with Gasteiger partial charge in [0.1, 0.15) is 11.6 Å². The van der Waals surface area contributed by atoms with E-state index in [0.29, 0.717) is 12.0 Å². The maximum atomic E-state index is 10.5. The molecule has 3 N–H and O–H groups in total. The van der Waals surface area contributed by atoms with Crippen LogP contribution in [0.5, 0.6) is 0 Å². The number of carbonyl (C=O) groups is 1. The first kappa shape index (κ1) is 9.66. The van der Waals surface area contributed by atoms with Crippen LogP contribution in [0.25, 0.3) is 0 Å². The summed E-state index contributed by atoms with van der Waals surface area (Å²) < 4.78 is 0. The van der Waals surface area contributed by atoms with Crippen molar-refractivity contribution in [2.24, 2.45) is 5.73 Å². The fourth-order valence-corrected chi connectivity index (χ4v) is 0.676. The van der Waals surface area contributed by atoms with Crippen LogP contribution in [0.4, 0.5) is 0 Å². The molecule has 0 radical (unpaired) electrons. The monoisotopic (exact) mass is 154 g/mol. The van der Waals surface area contributed by atoms with Gasteiger partial charge in [-0.1, -0.05) is 6.92 Å². The van der Waals surface area contributed by atoms with E-state index in [1.54, 1.807) is 13.0 Å². The molecule has 0 heterocycles. The smallest absolute Gasteiger partial charge is 0.259 e. The molecule has 0 aliphatic carbocycles. The summed E-state index contributed by atoms with van der Waals surface area (Å²) in [5.74, 6) is -0.779. The minimum atomic E-state index is -0.779. The maximum absolute atomic E-state index is 10.5. The molecular formula is C7H10N2O2. The van der Waals surface area contributed by atoms with Crippen LogP contribution in [0.1, 0.15) is 13.3 Å². The first-order valence-corrected chi connectivity index (χ1v) is 3.20. The van der Waals surface area contributed by atoms with Crippen molar-refractivity contribution in [1.82, 2.24) is 0 Å². The van der Waals surface area contributed by atoms with Gasteiger partial charge in [0.15, 0.2) is 0 Å². The molecule has 0 aliphatic heterocycles. The fourth-order valence-electron chi connectivity index (χ4n) is 0.676. The summed E-state index contributed by atoms with van der Waals surface area (Å²) in [6.07, 6.45) is 0.461. The largest absolute Gasteiger partial charge is 0.392 e. The van der Waals surface area contributed by atoms with Crippen LogP contribution in [-0.4, -0.2) is 17.6 Å². The Kier molecular flexibility index (Phi) is 3.93. The van der Waals surface area contributed by atoms with Crippen LogP contribution in [-0.2, 0) is 4.79 Å². The lowest BCUT2D eigenvalue weighted by Gasteiger charge is -1.99. The molecule has 0 saturated heterocycles. The quantitative estimate of drug-likeness (QED) is 0.432. The highest BCUT2D eigenvalue weighted by Crippen LogP contribution is 2.06. The molecule has 11 heavy (non-hydrogen) atoms. The molecule has 0 aromatic rings. The lowest BCUT2D eigenvalue weighted by Crippen LogP contribution is -2.15. The Morgan fingerprint density at radius 1 is 1.73 bits per heavy atom. The number of amides is 1. The number of aliphatic hydroxyl groups is 1. The summed E-state index contributed by atoms with van der Waals surface area (Å²) in [5.41, 5.74) is 5.13. The summed E-state index contributed by atoms with van der Waals surface area (Å²) in [5, 5.41) is 17.1. The van der Waals surface area contributed by atoms with E-state index in [1.807, 2.05) is 0 Å². The van der Waals surface area contributed by atoms with Crippen LogP contribution < -0.4 is 5.73 Å². The number of rotatable bonds is 3. The van der Waals surface area contributed by atoms with Crippen molar-refractivity contribution >= 4 is 5.91 Å². The molecule has 0 aromatic heterocycles. The molecule has 0 saturated carbocycles. The van der Waals surface area contributed by atoms with Crippen LogP contribution in [0, 0.1) is 11.3 Å². The molecule has 0 unspecified atom stereocenters. The molecule has 0 spiro atoms. The van der Waals surface area contributed by atoms with E-state index in [0.717, 1.165) is 0 Å². The highest BCUT2D eigenvalue weighted by Gasteiger charge is 2.08. The van der Waals surface area contributed by atoms with Gasteiger partial charge < -0.3 is 10.8 Å². The Bertz CT molecular complexity index is 219. The molecule has 0 fully saturated rings. The highest BCUT2D eigenvalue weighted by atomic mass is 16.3. The third-order valence-electron chi connectivity index (χ3n) is 1.33. The van der Waals surface area contributed by atoms with E-state index in [4.69, 9.17) is 16.1 Å². The van der Waals surface area contributed by atoms with Gasteiger partial charge in [0, 0.05) is 0 Å². The second-order valence-electron chi connectivity index (χ2n) is 1.97. The summed E-state index contributed by atoms with van der Waals surface area (Å²) in [6.45, 7) is 1.45. The van der Waals surface area contributed by atoms with E-state index in [-0.39, 0.29) is 12.2 Å². The summed E-state index contributed by atoms with van der Waals surface area (Å²) in [7, 11) is 0. The molecule has 0 atom stereocenters. The average Bonchev–Trinajstić information content (AvgIpc) is 1.99. The lowest BCUT2D eigenvalue weighted by atomic mass is 10.1. The predicted octanol–water partition coefficient (Wildman–Crippen LogP) is -0.306. The number of aliphatic hydroxyl groups excluding tert-OH is 1. The molecule has 4 heteroatoms. The van der Waals surface area contributed by atoms with Gasteiger partial charge in [0.2, 0.25) is 0 Å². The lowest BCUT2D eigenvalue weighted by molar-refractivity contribution is -0.114. The summed E-state index contributed by atoms with van der Waals surface area (Å²) in [4.78, 5) is 10.5. The van der Waals surface area contributed by atoms with Crippen molar-refractivity contribution in [1.29, 1.82) is 5.26 Å². The van der Waals surface area contributed by atoms with E-state index in [9.17, 15) is 4.79 Å². The van der Waals surface area contributed by atoms with Gasteiger partial charge in [0.05, 0.1) is 6.61 Å². The standard InChI is InChI=1S/C7H10N2O2/c1-2-5(4-10)6(3-8)7(9)11/h10H,2,4H2,1H3,(H2,9,11)/b6-5+. The van der Waals surface area contributed by atoms with Gasteiger partial charge in [-0.05, 0) is 12.0 Å². The average molecular weight is 154 g/mol. The molecule has 1 amide bonds. The first-order chi connectivity index (χ1) is 5.17. The van der Waals surface area contributed by atoms with Crippen molar-refractivity contribution in [2.45, 2.75) is 13.3 Å². The Morgan fingerprint density at radius 2 is 2.27 bits per heavy atom. The minimum absolute atomic E-state index is 0.130. The number of primary amides is 1. The van der Waals surface area contributed by atoms with E-state index in [2.05, 4.69) is 0 Å². The zero-order valence-electron chi connectivity index (χ0n) is 6.29. The minimum Gasteiger partial charge on any atom is -0.392 e. The van der Waals surface area contributed by atoms with Crippen LogP contribution in [0.15, 0.2) is 11.1 Å². The van der Waals surface area contributed by atoms with Crippen molar-refractivity contribution in [3.8, 4) is 6.07 Å². The van der Waals surface area contributed by atoms with Crippen molar-refractivity contribution in [3.05, 3.63) is 11.1 Å². The summed E-state index contributed by atoms with van der Waals surface area (Å²) >= 11 is 0. The topological polar surface area (TPSA) is 87.1 Å². The van der Waals surface area contributed by atoms with Gasteiger partial charge in [0.25, 0.3) is 5.91 Å². The first-order valence-electron chi connectivity index (χ1n) is 3.20. The zero-order valence-corrected chi connectivity index (χ0v) is 6.29. The fraction of sp³-hybridized carbons (Fsp3) is 0.429. The van der Waals surface area contributed by atoms with Gasteiger partial charge >= 0.3 is 0 Å². The second kappa shape index (κ2) is 4.47. The normalized spacial score (nSPS) is 11.7. The number of nitrogens with zero attached hydrogens (tertiary/aromatic N) is 1. The van der Waals surface area contributed by atoms with E-state index in [1.165, 1.54) is 0 Å². The molecule has 0 bridgehead atoms. The molecule has 4 nitrogen and oxygen atoms in total. The van der Waals surface area contributed by atoms with Gasteiger partial charge in [-0.3, -0.25) is 4.79 Å². The third kappa shape index (κ3) is 2.40. The van der Waals surface area contributed by atoms with Gasteiger partial charge in [-0.2, -0.15) is 5.26 Å². The number of hydrogen-bond donors (Lipinski definition) is 2. The molecule has 0 aliphatic rings. The second-order valence-corrected chi connectivity index (χ2v) is 1.97. The zero-order chi connectivity index (χ0) is 8.85. The number of hydrogen-bond acceptors (Lipinski definition) is 3. The van der Waals surface area contributed by atoms with E-state index >= 15 is 0 Å². The van der Waals surface area contributed by atoms with Crippen molar-refractivity contribution in [3.63, 3.8) is 0 Å². The van der Waals surface area contributed by atoms with Gasteiger partial charge in [-0.15, -0.1) is 0 Å². The highest BCUT2D eigenvalue weighted by molar-refractivity contribution is 5.96. The Morgan fingerprint density at radius 3 is 2.36 bits per heavy atom. The van der Waals surface area contributed by atoms with Crippen LogP contribution in [0.2, 0.25) is 0 Å². The maximum Gasteiger partial charge on any atom is 0.259 e. The number of nitrogens with two attached hydrogens (primary N) is 1. The summed E-state index contributed by atoms with van der Waals surface area (Å²) in [6, 6.07) is 1.65. The Balaban J connectivity index is 4.82. The number of carbonyl (C=O) groups excluding carboxylic acids is 1. The SMILES string of the molecule is CC/C(CO)=C(/C#N)C(N)=O.